The third-order valence-corrected chi connectivity index (χ3v) is 5.98. The number of nitrogens with one attached hydrogen (secondary N) is 1. The Morgan fingerprint density at radius 2 is 1.84 bits per heavy atom. The van der Waals surface area contributed by atoms with Gasteiger partial charge in [0.05, 0.1) is 17.6 Å². The van der Waals surface area contributed by atoms with E-state index in [2.05, 4.69) is 14.9 Å². The van der Waals surface area contributed by atoms with Gasteiger partial charge in [0.25, 0.3) is 5.89 Å². The average molecular weight is 439 g/mol. The highest BCUT2D eigenvalue weighted by Crippen LogP contribution is 2.28. The molecular formula is C22H18FN3O4S. The number of methoxy groups -OCH3 is 1. The number of benzene rings is 3. The van der Waals surface area contributed by atoms with Gasteiger partial charge in [0.2, 0.25) is 15.8 Å². The summed E-state index contributed by atoms with van der Waals surface area (Å²) in [6.45, 7) is 0.0756. The van der Waals surface area contributed by atoms with Crippen molar-refractivity contribution in [1.29, 1.82) is 0 Å². The van der Waals surface area contributed by atoms with Crippen LogP contribution in [0.15, 0.2) is 82.2 Å². The molecule has 0 atom stereocenters. The fourth-order valence-electron chi connectivity index (χ4n) is 2.99. The zero-order chi connectivity index (χ0) is 21.8. The maximum absolute atomic E-state index is 13.5. The molecule has 0 radical (unpaired) electrons. The zero-order valence-electron chi connectivity index (χ0n) is 16.4. The minimum absolute atomic E-state index is 0.00709. The molecule has 4 aromatic rings. The smallest absolute Gasteiger partial charge is 0.259 e. The van der Waals surface area contributed by atoms with Crippen LogP contribution in [0.25, 0.3) is 22.8 Å². The zero-order valence-corrected chi connectivity index (χ0v) is 17.3. The van der Waals surface area contributed by atoms with Gasteiger partial charge in [-0.05, 0) is 42.0 Å². The molecule has 0 spiro atoms. The lowest BCUT2D eigenvalue weighted by atomic mass is 10.2. The normalized spacial score (nSPS) is 11.4. The molecule has 0 saturated heterocycles. The number of rotatable bonds is 7. The summed E-state index contributed by atoms with van der Waals surface area (Å²) < 4.78 is 52.5. The summed E-state index contributed by atoms with van der Waals surface area (Å²) >= 11 is 0. The van der Waals surface area contributed by atoms with Gasteiger partial charge in [-0.3, -0.25) is 0 Å². The first kappa shape index (κ1) is 20.7. The molecule has 4 rings (SSSR count). The van der Waals surface area contributed by atoms with Crippen LogP contribution in [0.4, 0.5) is 4.39 Å². The highest BCUT2D eigenvalue weighted by Gasteiger charge is 2.22. The van der Waals surface area contributed by atoms with E-state index < -0.39 is 15.8 Å². The van der Waals surface area contributed by atoms with Crippen molar-refractivity contribution in [2.75, 3.05) is 7.11 Å². The van der Waals surface area contributed by atoms with E-state index in [1.165, 1.54) is 24.3 Å². The van der Waals surface area contributed by atoms with Gasteiger partial charge in [-0.15, -0.1) is 0 Å². The van der Waals surface area contributed by atoms with E-state index in [-0.39, 0.29) is 28.7 Å². The molecular weight excluding hydrogens is 421 g/mol. The summed E-state index contributed by atoms with van der Waals surface area (Å²) in [7, 11) is -2.35. The number of aromatic nitrogens is 2. The van der Waals surface area contributed by atoms with Crippen LogP contribution in [0.5, 0.6) is 5.75 Å². The van der Waals surface area contributed by atoms with E-state index in [4.69, 9.17) is 9.26 Å². The van der Waals surface area contributed by atoms with Gasteiger partial charge in [-0.25, -0.2) is 17.5 Å². The van der Waals surface area contributed by atoms with Crippen molar-refractivity contribution in [3.05, 3.63) is 84.2 Å². The summed E-state index contributed by atoms with van der Waals surface area (Å²) in [5, 5.41) is 3.86. The number of hydrogen-bond acceptors (Lipinski definition) is 6. The topological polar surface area (TPSA) is 94.3 Å². The first-order valence-corrected chi connectivity index (χ1v) is 10.8. The Labute approximate surface area is 178 Å². The summed E-state index contributed by atoms with van der Waals surface area (Å²) in [6, 6.07) is 19.1. The van der Waals surface area contributed by atoms with Crippen LogP contribution in [0.3, 0.4) is 0 Å². The predicted octanol–water partition coefficient (Wildman–Crippen LogP) is 4.03. The number of ether oxygens (including phenoxy) is 1. The molecule has 0 bridgehead atoms. The molecule has 0 aliphatic carbocycles. The molecule has 9 heteroatoms. The van der Waals surface area contributed by atoms with Gasteiger partial charge in [0.15, 0.2) is 0 Å². The van der Waals surface area contributed by atoms with Crippen LogP contribution in [0.1, 0.15) is 5.56 Å². The second-order valence-corrected chi connectivity index (χ2v) is 8.34. The SMILES string of the molecule is COc1cccc(CNS(=O)(=O)c2ccccc2-c2nc(-c3cccc(F)c3)no2)c1. The van der Waals surface area contributed by atoms with E-state index in [1.807, 2.05) is 0 Å². The minimum atomic E-state index is -3.90. The van der Waals surface area contributed by atoms with Gasteiger partial charge >= 0.3 is 0 Å². The Morgan fingerprint density at radius 3 is 2.65 bits per heavy atom. The summed E-state index contributed by atoms with van der Waals surface area (Å²) in [4.78, 5) is 4.25. The standard InChI is InChI=1S/C22H18FN3O4S/c1-29-18-9-4-6-15(12-18)14-24-31(27,28)20-11-3-2-10-19(20)22-25-21(26-30-22)16-7-5-8-17(23)13-16/h2-13,24H,14H2,1H3. The summed E-state index contributed by atoms with van der Waals surface area (Å²) in [5.74, 6) is 0.370. The van der Waals surface area contributed by atoms with Crippen LogP contribution < -0.4 is 9.46 Å². The molecule has 1 heterocycles. The molecule has 0 aliphatic rings. The van der Waals surface area contributed by atoms with Crippen LogP contribution in [-0.4, -0.2) is 25.7 Å². The first-order valence-electron chi connectivity index (χ1n) is 9.28. The third kappa shape index (κ3) is 4.62. The molecule has 0 saturated carbocycles. The Kier molecular flexibility index (Phi) is 5.79. The summed E-state index contributed by atoms with van der Waals surface area (Å²) in [6.07, 6.45) is 0. The number of hydrogen-bond donors (Lipinski definition) is 1. The van der Waals surface area contributed by atoms with Crippen LogP contribution in [0.2, 0.25) is 0 Å². The van der Waals surface area contributed by atoms with Crippen molar-refractivity contribution in [3.8, 4) is 28.6 Å². The highest BCUT2D eigenvalue weighted by atomic mass is 32.2. The predicted molar refractivity (Wildman–Crippen MR) is 112 cm³/mol. The molecule has 0 aliphatic heterocycles. The molecule has 0 fully saturated rings. The lowest BCUT2D eigenvalue weighted by Gasteiger charge is -2.10. The average Bonchev–Trinajstić information content (AvgIpc) is 3.28. The van der Waals surface area contributed by atoms with Crippen molar-refractivity contribution in [2.24, 2.45) is 0 Å². The maximum Gasteiger partial charge on any atom is 0.259 e. The van der Waals surface area contributed by atoms with Crippen molar-refractivity contribution < 1.29 is 22.1 Å². The fourth-order valence-corrected chi connectivity index (χ4v) is 4.21. The number of halogens is 1. The van der Waals surface area contributed by atoms with Gasteiger partial charge in [-0.1, -0.05) is 41.6 Å². The second-order valence-electron chi connectivity index (χ2n) is 6.61. The van der Waals surface area contributed by atoms with Gasteiger partial charge in [-0.2, -0.15) is 4.98 Å². The lowest BCUT2D eigenvalue weighted by molar-refractivity contribution is 0.414. The molecule has 1 aromatic heterocycles. The van der Waals surface area contributed by atoms with E-state index in [9.17, 15) is 12.8 Å². The van der Waals surface area contributed by atoms with E-state index >= 15 is 0 Å². The number of nitrogens with zero attached hydrogens (tertiary/aromatic N) is 2. The van der Waals surface area contributed by atoms with Crippen molar-refractivity contribution >= 4 is 10.0 Å². The molecule has 0 amide bonds. The quantitative estimate of drug-likeness (QED) is 0.467. The molecule has 0 unspecified atom stereocenters. The van der Waals surface area contributed by atoms with Crippen molar-refractivity contribution in [1.82, 2.24) is 14.9 Å². The van der Waals surface area contributed by atoms with Crippen molar-refractivity contribution in [3.63, 3.8) is 0 Å². The van der Waals surface area contributed by atoms with E-state index in [1.54, 1.807) is 55.6 Å². The van der Waals surface area contributed by atoms with Gasteiger partial charge < -0.3 is 9.26 Å². The maximum atomic E-state index is 13.5. The molecule has 1 N–H and O–H groups in total. The van der Waals surface area contributed by atoms with E-state index in [0.717, 1.165) is 5.56 Å². The number of sulfonamides is 1. The molecule has 31 heavy (non-hydrogen) atoms. The minimum Gasteiger partial charge on any atom is -0.497 e. The summed E-state index contributed by atoms with van der Waals surface area (Å²) in [5.41, 5.74) is 1.41. The van der Waals surface area contributed by atoms with Crippen molar-refractivity contribution in [2.45, 2.75) is 11.4 Å². The van der Waals surface area contributed by atoms with E-state index in [0.29, 0.717) is 11.3 Å². The Morgan fingerprint density at radius 1 is 1.03 bits per heavy atom. The van der Waals surface area contributed by atoms with Crippen LogP contribution >= 0.6 is 0 Å². The second kappa shape index (κ2) is 8.66. The largest absolute Gasteiger partial charge is 0.497 e. The molecule has 7 nitrogen and oxygen atoms in total. The fraction of sp³-hybridized carbons (Fsp3) is 0.0909. The third-order valence-electron chi connectivity index (χ3n) is 4.52. The monoisotopic (exact) mass is 439 g/mol. The highest BCUT2D eigenvalue weighted by molar-refractivity contribution is 7.89. The van der Waals surface area contributed by atoms with Gasteiger partial charge in [0, 0.05) is 12.1 Å². The first-order chi connectivity index (χ1) is 15.0. The van der Waals surface area contributed by atoms with Gasteiger partial charge in [0.1, 0.15) is 11.6 Å². The van der Waals surface area contributed by atoms with Crippen LogP contribution in [-0.2, 0) is 16.6 Å². The Hall–Kier alpha value is -3.56. The Bertz CT molecular complexity index is 1320. The lowest BCUT2D eigenvalue weighted by Crippen LogP contribution is -2.23. The Balaban J connectivity index is 1.62. The van der Waals surface area contributed by atoms with Crippen LogP contribution in [0, 0.1) is 5.82 Å². The molecule has 3 aromatic carbocycles. The molecule has 158 valence electrons.